The number of rotatable bonds is 3. The molecule has 0 aliphatic carbocycles. The predicted molar refractivity (Wildman–Crippen MR) is 76.1 cm³/mol. The lowest BCUT2D eigenvalue weighted by Crippen LogP contribution is -1.98. The van der Waals surface area contributed by atoms with Crippen molar-refractivity contribution in [2.75, 3.05) is 13.9 Å². The molecular weight excluding hydrogens is 236 g/mol. The number of methoxy groups -OCH3 is 1. The molecule has 2 nitrogen and oxygen atoms in total. The second-order valence-corrected chi connectivity index (χ2v) is 4.19. The van der Waals surface area contributed by atoms with Gasteiger partial charge in [-0.05, 0) is 43.3 Å². The van der Waals surface area contributed by atoms with Crippen LogP contribution < -0.4 is 4.74 Å². The molecule has 0 heterocycles. The fourth-order valence-electron chi connectivity index (χ4n) is 1.54. The molecule has 0 bridgehead atoms. The Morgan fingerprint density at radius 2 is 1.37 bits per heavy atom. The molecule has 19 heavy (non-hydrogen) atoms. The average Bonchev–Trinajstić information content (AvgIpc) is 2.46. The third kappa shape index (κ3) is 4.17. The molecule has 0 fully saturated rings. The third-order valence-corrected chi connectivity index (χ3v) is 2.60. The van der Waals surface area contributed by atoms with Crippen LogP contribution in [0.1, 0.15) is 16.7 Å². The molecule has 2 aromatic rings. The second-order valence-electron chi connectivity index (χ2n) is 4.19. The average molecular weight is 252 g/mol. The summed E-state index contributed by atoms with van der Waals surface area (Å²) in [5, 5.41) is 0. The summed E-state index contributed by atoms with van der Waals surface area (Å²) in [5.74, 6) is 7.04. The van der Waals surface area contributed by atoms with Crippen LogP contribution in [0.2, 0.25) is 0 Å². The van der Waals surface area contributed by atoms with Gasteiger partial charge in [0.05, 0.1) is 0 Å². The Morgan fingerprint density at radius 3 is 1.89 bits per heavy atom. The summed E-state index contributed by atoms with van der Waals surface area (Å²) in [4.78, 5) is 0. The van der Waals surface area contributed by atoms with Crippen LogP contribution in [0.5, 0.6) is 5.75 Å². The van der Waals surface area contributed by atoms with E-state index in [4.69, 9.17) is 9.47 Å². The van der Waals surface area contributed by atoms with E-state index >= 15 is 0 Å². The highest BCUT2D eigenvalue weighted by Crippen LogP contribution is 2.11. The largest absolute Gasteiger partial charge is 0.468 e. The van der Waals surface area contributed by atoms with Crippen LogP contribution in [0.4, 0.5) is 0 Å². The first kappa shape index (κ1) is 13.2. The quantitative estimate of drug-likeness (QED) is 0.616. The molecule has 96 valence electrons. The molecule has 0 aromatic heterocycles. The summed E-state index contributed by atoms with van der Waals surface area (Å²) < 4.78 is 10.2. The molecule has 0 saturated heterocycles. The number of benzene rings is 2. The van der Waals surface area contributed by atoms with E-state index in [1.54, 1.807) is 7.11 Å². The molecule has 0 saturated carbocycles. The molecular formula is C17H16O2. The van der Waals surface area contributed by atoms with Gasteiger partial charge in [0.25, 0.3) is 0 Å². The highest BCUT2D eigenvalue weighted by molar-refractivity contribution is 5.44. The summed E-state index contributed by atoms with van der Waals surface area (Å²) >= 11 is 0. The van der Waals surface area contributed by atoms with Crippen molar-refractivity contribution in [2.24, 2.45) is 0 Å². The SMILES string of the molecule is COCOc1ccc(C#Cc2ccc(C)cc2)cc1. The fourth-order valence-corrected chi connectivity index (χ4v) is 1.54. The topological polar surface area (TPSA) is 18.5 Å². The summed E-state index contributed by atoms with van der Waals surface area (Å²) in [6.07, 6.45) is 0. The highest BCUT2D eigenvalue weighted by Gasteiger charge is 1.92. The van der Waals surface area contributed by atoms with Gasteiger partial charge in [0.2, 0.25) is 0 Å². The predicted octanol–water partition coefficient (Wildman–Crippen LogP) is 3.38. The van der Waals surface area contributed by atoms with Crippen molar-refractivity contribution in [3.8, 4) is 17.6 Å². The zero-order valence-electron chi connectivity index (χ0n) is 11.1. The van der Waals surface area contributed by atoms with Gasteiger partial charge in [-0.2, -0.15) is 0 Å². The molecule has 0 N–H and O–H groups in total. The minimum Gasteiger partial charge on any atom is -0.468 e. The first-order valence-electron chi connectivity index (χ1n) is 6.08. The second kappa shape index (κ2) is 6.63. The van der Waals surface area contributed by atoms with Gasteiger partial charge in [0.15, 0.2) is 6.79 Å². The van der Waals surface area contributed by atoms with Crippen LogP contribution >= 0.6 is 0 Å². The molecule has 2 heteroatoms. The van der Waals surface area contributed by atoms with E-state index in [0.717, 1.165) is 16.9 Å². The smallest absolute Gasteiger partial charge is 0.188 e. The van der Waals surface area contributed by atoms with Gasteiger partial charge in [-0.15, -0.1) is 0 Å². The summed E-state index contributed by atoms with van der Waals surface area (Å²) in [6, 6.07) is 15.8. The number of hydrogen-bond acceptors (Lipinski definition) is 2. The maximum absolute atomic E-state index is 5.32. The zero-order valence-corrected chi connectivity index (χ0v) is 11.1. The molecule has 0 radical (unpaired) electrons. The molecule has 2 rings (SSSR count). The third-order valence-electron chi connectivity index (χ3n) is 2.60. The van der Waals surface area contributed by atoms with Gasteiger partial charge in [0.1, 0.15) is 5.75 Å². The number of hydrogen-bond donors (Lipinski definition) is 0. The molecule has 0 aliphatic heterocycles. The van der Waals surface area contributed by atoms with Crippen molar-refractivity contribution in [1.29, 1.82) is 0 Å². The normalized spacial score (nSPS) is 9.58. The number of aryl methyl sites for hydroxylation is 1. The first-order valence-corrected chi connectivity index (χ1v) is 6.08. The van der Waals surface area contributed by atoms with Crippen LogP contribution in [0.25, 0.3) is 0 Å². The minimum atomic E-state index is 0.258. The molecule has 0 spiro atoms. The van der Waals surface area contributed by atoms with Crippen LogP contribution in [-0.4, -0.2) is 13.9 Å². The van der Waals surface area contributed by atoms with Crippen LogP contribution in [0.3, 0.4) is 0 Å². The minimum absolute atomic E-state index is 0.258. The van der Waals surface area contributed by atoms with E-state index in [2.05, 4.69) is 30.9 Å². The van der Waals surface area contributed by atoms with Gasteiger partial charge < -0.3 is 9.47 Å². The Hall–Kier alpha value is -2.24. The van der Waals surface area contributed by atoms with E-state index in [-0.39, 0.29) is 6.79 Å². The monoisotopic (exact) mass is 252 g/mol. The first-order chi connectivity index (χ1) is 9.28. The molecule has 0 atom stereocenters. The van der Waals surface area contributed by atoms with E-state index in [1.807, 2.05) is 36.4 Å². The summed E-state index contributed by atoms with van der Waals surface area (Å²) in [6.45, 7) is 2.32. The molecule has 0 unspecified atom stereocenters. The van der Waals surface area contributed by atoms with Gasteiger partial charge >= 0.3 is 0 Å². The molecule has 0 amide bonds. The van der Waals surface area contributed by atoms with E-state index in [9.17, 15) is 0 Å². The fraction of sp³-hybridized carbons (Fsp3) is 0.176. The molecule has 2 aromatic carbocycles. The van der Waals surface area contributed by atoms with Crippen LogP contribution in [-0.2, 0) is 4.74 Å². The maximum atomic E-state index is 5.32. The number of ether oxygens (including phenoxy) is 2. The van der Waals surface area contributed by atoms with Gasteiger partial charge in [-0.3, -0.25) is 0 Å². The lowest BCUT2D eigenvalue weighted by Gasteiger charge is -2.03. The van der Waals surface area contributed by atoms with Crippen molar-refractivity contribution in [2.45, 2.75) is 6.92 Å². The van der Waals surface area contributed by atoms with Crippen LogP contribution in [0, 0.1) is 18.8 Å². The lowest BCUT2D eigenvalue weighted by atomic mass is 10.1. The van der Waals surface area contributed by atoms with Crippen molar-refractivity contribution < 1.29 is 9.47 Å². The van der Waals surface area contributed by atoms with Crippen molar-refractivity contribution in [3.05, 3.63) is 65.2 Å². The lowest BCUT2D eigenvalue weighted by molar-refractivity contribution is 0.0511. The summed E-state index contributed by atoms with van der Waals surface area (Å²) in [7, 11) is 1.60. The summed E-state index contributed by atoms with van der Waals surface area (Å²) in [5.41, 5.74) is 3.22. The standard InChI is InChI=1S/C17H16O2/c1-14-3-5-15(6-4-14)7-8-16-9-11-17(12-10-16)19-13-18-2/h3-6,9-12H,13H2,1-2H3. The highest BCUT2D eigenvalue weighted by atomic mass is 16.7. The van der Waals surface area contributed by atoms with E-state index in [1.165, 1.54) is 5.56 Å². The Labute approximate surface area is 114 Å². The zero-order chi connectivity index (χ0) is 13.5. The van der Waals surface area contributed by atoms with Gasteiger partial charge in [0, 0.05) is 18.2 Å². The van der Waals surface area contributed by atoms with Gasteiger partial charge in [-0.25, -0.2) is 0 Å². The maximum Gasteiger partial charge on any atom is 0.188 e. The Kier molecular flexibility index (Phi) is 4.60. The van der Waals surface area contributed by atoms with E-state index < -0.39 is 0 Å². The van der Waals surface area contributed by atoms with E-state index in [0.29, 0.717) is 0 Å². The van der Waals surface area contributed by atoms with Crippen molar-refractivity contribution >= 4 is 0 Å². The Morgan fingerprint density at radius 1 is 0.842 bits per heavy atom. The van der Waals surface area contributed by atoms with Crippen molar-refractivity contribution in [1.82, 2.24) is 0 Å². The van der Waals surface area contributed by atoms with Gasteiger partial charge in [-0.1, -0.05) is 29.5 Å². The molecule has 0 aliphatic rings. The Bertz CT molecular complexity index is 571. The van der Waals surface area contributed by atoms with Crippen molar-refractivity contribution in [3.63, 3.8) is 0 Å². The van der Waals surface area contributed by atoms with Crippen LogP contribution in [0.15, 0.2) is 48.5 Å². The Balaban J connectivity index is 2.05.